The molecule has 18 heavy (non-hydrogen) atoms. The highest BCUT2D eigenvalue weighted by molar-refractivity contribution is 5.72. The lowest BCUT2D eigenvalue weighted by atomic mass is 10.1. The molecule has 0 atom stereocenters. The number of esters is 1. The molecule has 5 heteroatoms. The van der Waals surface area contributed by atoms with Gasteiger partial charge in [-0.2, -0.15) is 13.2 Å². The molecule has 0 aliphatic carbocycles. The van der Waals surface area contributed by atoms with Crippen molar-refractivity contribution >= 4 is 5.97 Å². The van der Waals surface area contributed by atoms with Crippen LogP contribution in [0.25, 0.3) is 0 Å². The van der Waals surface area contributed by atoms with Crippen molar-refractivity contribution < 1.29 is 22.7 Å². The molecule has 0 aliphatic heterocycles. The Morgan fingerprint density at radius 2 is 2.00 bits per heavy atom. The molecule has 1 rings (SSSR count). The molecule has 2 nitrogen and oxygen atoms in total. The Labute approximate surface area is 103 Å². The molecule has 0 bridgehead atoms. The minimum atomic E-state index is -4.45. The van der Waals surface area contributed by atoms with E-state index in [0.29, 0.717) is 0 Å². The van der Waals surface area contributed by atoms with Crippen LogP contribution in [0.2, 0.25) is 0 Å². The Hall–Kier alpha value is -1.96. The van der Waals surface area contributed by atoms with Crippen LogP contribution in [0.4, 0.5) is 13.2 Å². The van der Waals surface area contributed by atoms with E-state index in [0.717, 1.165) is 6.07 Å². The van der Waals surface area contributed by atoms with Gasteiger partial charge in [0.2, 0.25) is 0 Å². The van der Waals surface area contributed by atoms with E-state index < -0.39 is 17.7 Å². The molecule has 0 aromatic heterocycles. The van der Waals surface area contributed by atoms with Crippen molar-refractivity contribution in [2.75, 3.05) is 6.61 Å². The lowest BCUT2D eigenvalue weighted by Gasteiger charge is -2.07. The number of alkyl halides is 3. The average Bonchev–Trinajstić information content (AvgIpc) is 2.28. The molecular weight excluding hydrogens is 245 g/mol. The van der Waals surface area contributed by atoms with Crippen molar-refractivity contribution in [3.8, 4) is 11.8 Å². The molecule has 1 aromatic carbocycles. The van der Waals surface area contributed by atoms with E-state index in [1.807, 2.05) is 0 Å². The minimum absolute atomic E-state index is 0.144. The summed E-state index contributed by atoms with van der Waals surface area (Å²) in [6, 6.07) is 4.97. The highest BCUT2D eigenvalue weighted by Crippen LogP contribution is 2.31. The Morgan fingerprint density at radius 3 is 2.61 bits per heavy atom. The van der Waals surface area contributed by atoms with Crippen LogP contribution >= 0.6 is 0 Å². The normalized spacial score (nSPS) is 10.4. The van der Waals surface area contributed by atoms with E-state index >= 15 is 0 Å². The Bertz CT molecular complexity index is 481. The van der Waals surface area contributed by atoms with Crippen molar-refractivity contribution in [3.63, 3.8) is 0 Å². The molecule has 0 saturated heterocycles. The van der Waals surface area contributed by atoms with Crippen molar-refractivity contribution in [1.82, 2.24) is 0 Å². The van der Waals surface area contributed by atoms with Gasteiger partial charge in [-0.1, -0.05) is 24.0 Å². The summed E-state index contributed by atoms with van der Waals surface area (Å²) in [5.41, 5.74) is -0.948. The predicted octanol–water partition coefficient (Wildman–Crippen LogP) is 3.01. The third kappa shape index (κ3) is 4.13. The van der Waals surface area contributed by atoms with Crippen molar-refractivity contribution in [1.29, 1.82) is 0 Å². The molecule has 0 N–H and O–H groups in total. The van der Waals surface area contributed by atoms with E-state index in [9.17, 15) is 18.0 Å². The SMILES string of the molecule is CCOC(=O)CC#Cc1ccccc1C(F)(F)F. The lowest BCUT2D eigenvalue weighted by Crippen LogP contribution is -2.07. The summed E-state index contributed by atoms with van der Waals surface area (Å²) < 4.78 is 42.4. The fourth-order valence-electron chi connectivity index (χ4n) is 1.26. The second-order valence-electron chi connectivity index (χ2n) is 3.33. The summed E-state index contributed by atoms with van der Waals surface area (Å²) in [6.45, 7) is 1.87. The highest BCUT2D eigenvalue weighted by Gasteiger charge is 2.32. The Kier molecular flexibility index (Phi) is 4.78. The van der Waals surface area contributed by atoms with Crippen molar-refractivity contribution in [2.24, 2.45) is 0 Å². The Morgan fingerprint density at radius 1 is 1.33 bits per heavy atom. The zero-order chi connectivity index (χ0) is 13.6. The summed E-state index contributed by atoms with van der Waals surface area (Å²) in [4.78, 5) is 11.0. The fourth-order valence-corrected chi connectivity index (χ4v) is 1.26. The topological polar surface area (TPSA) is 26.3 Å². The Balaban J connectivity index is 2.86. The second kappa shape index (κ2) is 6.10. The molecule has 0 aliphatic rings. The number of rotatable bonds is 2. The molecule has 96 valence electrons. The van der Waals surface area contributed by atoms with Gasteiger partial charge < -0.3 is 4.74 Å². The predicted molar refractivity (Wildman–Crippen MR) is 59.6 cm³/mol. The summed E-state index contributed by atoms with van der Waals surface area (Å²) >= 11 is 0. The maximum Gasteiger partial charge on any atom is 0.417 e. The molecule has 0 fully saturated rings. The van der Waals surface area contributed by atoms with Crippen molar-refractivity contribution in [3.05, 3.63) is 35.4 Å². The van der Waals surface area contributed by atoms with Crippen LogP contribution in [0.15, 0.2) is 24.3 Å². The van der Waals surface area contributed by atoms with E-state index in [-0.39, 0.29) is 18.6 Å². The number of carbonyl (C=O) groups excluding carboxylic acids is 1. The van der Waals surface area contributed by atoms with Gasteiger partial charge in [-0.05, 0) is 19.1 Å². The molecule has 0 unspecified atom stereocenters. The standard InChI is InChI=1S/C13H11F3O2/c1-2-18-12(17)9-5-7-10-6-3-4-8-11(10)13(14,15)16/h3-4,6,8H,2,9H2,1H3. The first kappa shape index (κ1) is 14.1. The first-order chi connectivity index (χ1) is 8.45. The second-order valence-corrected chi connectivity index (χ2v) is 3.33. The molecule has 1 aromatic rings. The summed E-state index contributed by atoms with van der Waals surface area (Å²) in [5, 5.41) is 0. The van der Waals surface area contributed by atoms with Crippen LogP contribution in [0.5, 0.6) is 0 Å². The van der Waals surface area contributed by atoms with Crippen LogP contribution in [0.1, 0.15) is 24.5 Å². The fraction of sp³-hybridized carbons (Fsp3) is 0.308. The van der Waals surface area contributed by atoms with Crippen LogP contribution < -0.4 is 0 Å². The van der Waals surface area contributed by atoms with Gasteiger partial charge in [0.15, 0.2) is 0 Å². The maximum atomic E-state index is 12.6. The molecule has 0 heterocycles. The highest BCUT2D eigenvalue weighted by atomic mass is 19.4. The van der Waals surface area contributed by atoms with Gasteiger partial charge in [0.05, 0.1) is 12.2 Å². The summed E-state index contributed by atoms with van der Waals surface area (Å²) in [5.74, 6) is 4.17. The number of carbonyl (C=O) groups is 1. The van der Waals surface area contributed by atoms with Gasteiger partial charge in [-0.3, -0.25) is 4.79 Å². The van der Waals surface area contributed by atoms with Crippen molar-refractivity contribution in [2.45, 2.75) is 19.5 Å². The van der Waals surface area contributed by atoms with Gasteiger partial charge in [-0.15, -0.1) is 0 Å². The van der Waals surface area contributed by atoms with E-state index in [1.54, 1.807) is 6.92 Å². The number of hydrogen-bond acceptors (Lipinski definition) is 2. The monoisotopic (exact) mass is 256 g/mol. The summed E-state index contributed by atoms with van der Waals surface area (Å²) in [6.07, 6.45) is -4.67. The van der Waals surface area contributed by atoms with Gasteiger partial charge >= 0.3 is 12.1 Å². The number of halogens is 3. The van der Waals surface area contributed by atoms with Gasteiger partial charge in [0, 0.05) is 5.56 Å². The van der Waals surface area contributed by atoms with Crippen LogP contribution in [0.3, 0.4) is 0 Å². The first-order valence-corrected chi connectivity index (χ1v) is 5.26. The third-order valence-corrected chi connectivity index (χ3v) is 1.99. The number of hydrogen-bond donors (Lipinski definition) is 0. The lowest BCUT2D eigenvalue weighted by molar-refractivity contribution is -0.141. The molecular formula is C13H11F3O2. The van der Waals surface area contributed by atoms with E-state index in [1.165, 1.54) is 18.2 Å². The van der Waals surface area contributed by atoms with Gasteiger partial charge in [0.1, 0.15) is 6.42 Å². The smallest absolute Gasteiger partial charge is 0.417 e. The molecule has 0 spiro atoms. The molecule has 0 amide bonds. The quantitative estimate of drug-likeness (QED) is 0.600. The number of ether oxygens (including phenoxy) is 1. The first-order valence-electron chi connectivity index (χ1n) is 5.26. The molecule has 0 saturated carbocycles. The average molecular weight is 256 g/mol. The van der Waals surface area contributed by atoms with E-state index in [2.05, 4.69) is 16.6 Å². The summed E-state index contributed by atoms with van der Waals surface area (Å²) in [7, 11) is 0. The molecule has 0 radical (unpaired) electrons. The number of benzene rings is 1. The minimum Gasteiger partial charge on any atom is -0.465 e. The maximum absolute atomic E-state index is 12.6. The zero-order valence-corrected chi connectivity index (χ0v) is 9.67. The van der Waals surface area contributed by atoms with Crippen LogP contribution in [-0.4, -0.2) is 12.6 Å². The largest absolute Gasteiger partial charge is 0.465 e. The van der Waals surface area contributed by atoms with E-state index in [4.69, 9.17) is 0 Å². The van der Waals surface area contributed by atoms with Gasteiger partial charge in [-0.25, -0.2) is 0 Å². The van der Waals surface area contributed by atoms with Gasteiger partial charge in [0.25, 0.3) is 0 Å². The zero-order valence-electron chi connectivity index (χ0n) is 9.67. The third-order valence-electron chi connectivity index (χ3n) is 1.99. The van der Waals surface area contributed by atoms with Crippen LogP contribution in [0, 0.1) is 11.8 Å². The van der Waals surface area contributed by atoms with Crippen LogP contribution in [-0.2, 0) is 15.7 Å².